The summed E-state index contributed by atoms with van der Waals surface area (Å²) < 4.78 is 17.6. The van der Waals surface area contributed by atoms with Crippen LogP contribution in [0.1, 0.15) is 22.3 Å². The van der Waals surface area contributed by atoms with Crippen LogP contribution in [0.2, 0.25) is 0 Å². The van der Waals surface area contributed by atoms with E-state index < -0.39 is 5.91 Å². The average Bonchev–Trinajstić information content (AvgIpc) is 3.25. The third-order valence-corrected chi connectivity index (χ3v) is 7.74. The zero-order valence-corrected chi connectivity index (χ0v) is 23.4. The lowest BCUT2D eigenvalue weighted by atomic mass is 10.2. The van der Waals surface area contributed by atoms with Crippen molar-refractivity contribution in [2.24, 2.45) is 5.73 Å². The van der Waals surface area contributed by atoms with Gasteiger partial charge in [-0.1, -0.05) is 48.2 Å². The molecule has 0 aliphatic carbocycles. The molecule has 2 aliphatic heterocycles. The van der Waals surface area contributed by atoms with Gasteiger partial charge in [-0.15, -0.1) is 0 Å². The Morgan fingerprint density at radius 3 is 2.42 bits per heavy atom. The first-order valence-electron chi connectivity index (χ1n) is 13.0. The fraction of sp³-hybridized carbons (Fsp3) is 0.233. The van der Waals surface area contributed by atoms with Crippen LogP contribution in [0.3, 0.4) is 0 Å². The van der Waals surface area contributed by atoms with Crippen LogP contribution in [0.5, 0.6) is 17.2 Å². The molecule has 2 saturated heterocycles. The quantitative estimate of drug-likeness (QED) is 0.203. The van der Waals surface area contributed by atoms with Crippen molar-refractivity contribution in [3.05, 3.63) is 88.8 Å². The van der Waals surface area contributed by atoms with Crippen LogP contribution in [0, 0.1) is 0 Å². The standard InChI is InChI=1S/C30H29N3O5S2/c31-28(34)25-4-1-2-5-26(25)38-24-10-6-21(7-11-24)20-27-29(35)33(30(39)40-27)22-8-12-23(13-9-22)37-17-3-14-32-15-18-36-19-16-32/h1-2,4-13,20H,3,14-19H2,(H2,31,34). The Morgan fingerprint density at radius 1 is 1.00 bits per heavy atom. The van der Waals surface area contributed by atoms with E-state index >= 15 is 0 Å². The summed E-state index contributed by atoms with van der Waals surface area (Å²) in [6.07, 6.45) is 2.74. The maximum absolute atomic E-state index is 13.2. The lowest BCUT2D eigenvalue weighted by Crippen LogP contribution is -2.37. The molecule has 0 saturated carbocycles. The highest BCUT2D eigenvalue weighted by molar-refractivity contribution is 8.27. The first-order valence-corrected chi connectivity index (χ1v) is 14.2. The Labute approximate surface area is 242 Å². The number of nitrogens with zero attached hydrogens (tertiary/aromatic N) is 2. The predicted molar refractivity (Wildman–Crippen MR) is 161 cm³/mol. The molecule has 2 heterocycles. The molecule has 5 rings (SSSR count). The molecule has 2 fully saturated rings. The number of benzene rings is 3. The summed E-state index contributed by atoms with van der Waals surface area (Å²) in [5, 5.41) is 0. The molecule has 0 unspecified atom stereocenters. The molecule has 10 heteroatoms. The zero-order valence-electron chi connectivity index (χ0n) is 21.8. The van der Waals surface area contributed by atoms with Crippen LogP contribution in [-0.4, -0.2) is 60.5 Å². The van der Waals surface area contributed by atoms with Crippen LogP contribution in [0.4, 0.5) is 5.69 Å². The van der Waals surface area contributed by atoms with E-state index in [-0.39, 0.29) is 5.91 Å². The summed E-state index contributed by atoms with van der Waals surface area (Å²) >= 11 is 6.78. The SMILES string of the molecule is NC(=O)c1ccccc1Oc1ccc(C=C2SC(=S)N(c3ccc(OCCCN4CCOCC4)cc3)C2=O)cc1. The largest absolute Gasteiger partial charge is 0.494 e. The van der Waals surface area contributed by atoms with Gasteiger partial charge in [0.25, 0.3) is 11.8 Å². The molecule has 0 radical (unpaired) electrons. The van der Waals surface area contributed by atoms with Crippen LogP contribution in [0.25, 0.3) is 6.08 Å². The Balaban J connectivity index is 1.17. The number of ether oxygens (including phenoxy) is 3. The minimum atomic E-state index is -0.559. The van der Waals surface area contributed by atoms with Crippen molar-refractivity contribution in [3.63, 3.8) is 0 Å². The molecule has 0 bridgehead atoms. The third kappa shape index (κ3) is 6.89. The van der Waals surface area contributed by atoms with Crippen LogP contribution >= 0.6 is 24.0 Å². The van der Waals surface area contributed by atoms with Crippen molar-refractivity contribution in [3.8, 4) is 17.2 Å². The van der Waals surface area contributed by atoms with Crippen molar-refractivity contribution in [2.75, 3.05) is 44.4 Å². The van der Waals surface area contributed by atoms with Gasteiger partial charge in [0.05, 0.1) is 36.0 Å². The second kappa shape index (κ2) is 13.1. The monoisotopic (exact) mass is 575 g/mol. The van der Waals surface area contributed by atoms with Crippen LogP contribution < -0.4 is 20.1 Å². The van der Waals surface area contributed by atoms with Crippen LogP contribution in [-0.2, 0) is 9.53 Å². The molecule has 2 amide bonds. The molecule has 40 heavy (non-hydrogen) atoms. The van der Waals surface area contributed by atoms with Crippen molar-refractivity contribution in [1.29, 1.82) is 0 Å². The van der Waals surface area contributed by atoms with E-state index in [1.807, 2.05) is 36.4 Å². The fourth-order valence-corrected chi connectivity index (χ4v) is 5.65. The summed E-state index contributed by atoms with van der Waals surface area (Å²) in [4.78, 5) is 29.3. The topological polar surface area (TPSA) is 94.3 Å². The van der Waals surface area contributed by atoms with Gasteiger partial charge >= 0.3 is 0 Å². The minimum absolute atomic E-state index is 0.176. The highest BCUT2D eigenvalue weighted by atomic mass is 32.2. The van der Waals surface area contributed by atoms with Gasteiger partial charge in [-0.05, 0) is 66.6 Å². The lowest BCUT2D eigenvalue weighted by molar-refractivity contribution is -0.113. The number of carbonyl (C=O) groups is 2. The Bertz CT molecular complexity index is 1400. The molecular formula is C30H29N3O5S2. The first-order chi connectivity index (χ1) is 19.5. The summed E-state index contributed by atoms with van der Waals surface area (Å²) in [6, 6.07) is 21.4. The molecule has 3 aromatic rings. The van der Waals surface area contributed by atoms with E-state index in [4.69, 9.17) is 32.2 Å². The fourth-order valence-electron chi connectivity index (χ4n) is 4.35. The number of anilines is 1. The van der Waals surface area contributed by atoms with Gasteiger partial charge in [0.15, 0.2) is 4.32 Å². The number of carbonyl (C=O) groups excluding carboxylic acids is 2. The predicted octanol–water partition coefficient (Wildman–Crippen LogP) is 5.08. The molecule has 206 valence electrons. The number of rotatable bonds is 10. The molecule has 8 nitrogen and oxygen atoms in total. The van der Waals surface area contributed by atoms with Gasteiger partial charge in [0.2, 0.25) is 0 Å². The number of amides is 2. The lowest BCUT2D eigenvalue weighted by Gasteiger charge is -2.26. The molecule has 0 atom stereocenters. The first kappa shape index (κ1) is 27.9. The second-order valence-corrected chi connectivity index (χ2v) is 10.9. The van der Waals surface area contributed by atoms with E-state index in [0.717, 1.165) is 50.6 Å². The molecule has 0 spiro atoms. The maximum atomic E-state index is 13.2. The summed E-state index contributed by atoms with van der Waals surface area (Å²) in [6.45, 7) is 5.15. The molecule has 2 N–H and O–H groups in total. The third-order valence-electron chi connectivity index (χ3n) is 6.44. The maximum Gasteiger partial charge on any atom is 0.270 e. The van der Waals surface area contributed by atoms with Gasteiger partial charge in [0.1, 0.15) is 17.2 Å². The number of thioether (sulfide) groups is 1. The van der Waals surface area contributed by atoms with E-state index in [2.05, 4.69) is 4.90 Å². The summed E-state index contributed by atoms with van der Waals surface area (Å²) in [5.41, 5.74) is 7.25. The Hall–Kier alpha value is -3.70. The van der Waals surface area contributed by atoms with E-state index in [1.54, 1.807) is 42.5 Å². The minimum Gasteiger partial charge on any atom is -0.494 e. The van der Waals surface area contributed by atoms with Crippen molar-refractivity contribution < 1.29 is 23.8 Å². The van der Waals surface area contributed by atoms with Crippen molar-refractivity contribution in [2.45, 2.75) is 6.42 Å². The number of hydrogen-bond acceptors (Lipinski definition) is 8. The number of para-hydroxylation sites is 1. The molecular weight excluding hydrogens is 546 g/mol. The highest BCUT2D eigenvalue weighted by Crippen LogP contribution is 2.37. The summed E-state index contributed by atoms with van der Waals surface area (Å²) in [5.74, 6) is 0.947. The Morgan fingerprint density at radius 2 is 1.70 bits per heavy atom. The van der Waals surface area contributed by atoms with Gasteiger partial charge in [0, 0.05) is 19.6 Å². The van der Waals surface area contributed by atoms with E-state index in [0.29, 0.717) is 38.6 Å². The summed E-state index contributed by atoms with van der Waals surface area (Å²) in [7, 11) is 0. The number of hydrogen-bond donors (Lipinski definition) is 1. The van der Waals surface area contributed by atoms with Crippen molar-refractivity contribution >= 4 is 51.9 Å². The van der Waals surface area contributed by atoms with Gasteiger partial charge < -0.3 is 19.9 Å². The van der Waals surface area contributed by atoms with Gasteiger partial charge in [-0.25, -0.2) is 0 Å². The normalized spacial score (nSPS) is 16.9. The number of nitrogens with two attached hydrogens (primary N) is 1. The second-order valence-electron chi connectivity index (χ2n) is 9.20. The smallest absolute Gasteiger partial charge is 0.270 e. The van der Waals surface area contributed by atoms with Gasteiger partial charge in [-0.2, -0.15) is 0 Å². The van der Waals surface area contributed by atoms with E-state index in [9.17, 15) is 9.59 Å². The Kier molecular flexibility index (Phi) is 9.12. The van der Waals surface area contributed by atoms with Crippen LogP contribution in [0.15, 0.2) is 77.7 Å². The van der Waals surface area contributed by atoms with Gasteiger partial charge in [-0.3, -0.25) is 19.4 Å². The van der Waals surface area contributed by atoms with E-state index in [1.165, 1.54) is 16.7 Å². The highest BCUT2D eigenvalue weighted by Gasteiger charge is 2.33. The van der Waals surface area contributed by atoms with Crippen molar-refractivity contribution in [1.82, 2.24) is 4.90 Å². The average molecular weight is 576 g/mol. The number of primary amides is 1. The number of morpholine rings is 1. The number of thiocarbonyl (C=S) groups is 1. The molecule has 2 aliphatic rings. The zero-order chi connectivity index (χ0) is 27.9. The molecule has 0 aromatic heterocycles. The molecule has 3 aromatic carbocycles.